The second-order valence-electron chi connectivity index (χ2n) is 6.12. The SMILES string of the molecule is CC(C)(C)OC(=O)N1CCCC[C@@H]1c1cncc(Br)c1. The molecule has 4 nitrogen and oxygen atoms in total. The van der Waals surface area contributed by atoms with Crippen LogP contribution in [0.2, 0.25) is 0 Å². The predicted octanol–water partition coefficient (Wildman–Crippen LogP) is 4.31. The van der Waals surface area contributed by atoms with Crippen molar-refractivity contribution in [1.29, 1.82) is 0 Å². The first-order valence-electron chi connectivity index (χ1n) is 6.97. The highest BCUT2D eigenvalue weighted by molar-refractivity contribution is 9.10. The number of ether oxygens (including phenoxy) is 1. The van der Waals surface area contributed by atoms with Crippen LogP contribution >= 0.6 is 15.9 Å². The van der Waals surface area contributed by atoms with E-state index in [2.05, 4.69) is 20.9 Å². The van der Waals surface area contributed by atoms with Crippen LogP contribution in [0, 0.1) is 0 Å². The minimum atomic E-state index is -0.464. The number of carbonyl (C=O) groups excluding carboxylic acids is 1. The molecule has 1 fully saturated rings. The molecular formula is C15H21BrN2O2. The van der Waals surface area contributed by atoms with Crippen LogP contribution in [-0.4, -0.2) is 28.1 Å². The molecule has 1 aliphatic heterocycles. The van der Waals surface area contributed by atoms with E-state index in [9.17, 15) is 4.79 Å². The lowest BCUT2D eigenvalue weighted by Crippen LogP contribution is -2.41. The molecule has 0 spiro atoms. The summed E-state index contributed by atoms with van der Waals surface area (Å²) in [4.78, 5) is 18.4. The Balaban J connectivity index is 2.19. The van der Waals surface area contributed by atoms with Crippen LogP contribution in [0.4, 0.5) is 4.79 Å². The van der Waals surface area contributed by atoms with E-state index in [1.165, 1.54) is 0 Å². The number of halogens is 1. The number of pyridine rings is 1. The second-order valence-corrected chi connectivity index (χ2v) is 7.04. The summed E-state index contributed by atoms with van der Waals surface area (Å²) in [7, 11) is 0. The van der Waals surface area contributed by atoms with Crippen molar-refractivity contribution in [3.63, 3.8) is 0 Å². The van der Waals surface area contributed by atoms with Crippen molar-refractivity contribution in [2.75, 3.05) is 6.54 Å². The van der Waals surface area contributed by atoms with Crippen molar-refractivity contribution in [3.8, 4) is 0 Å². The van der Waals surface area contributed by atoms with Crippen molar-refractivity contribution in [2.24, 2.45) is 0 Å². The molecule has 1 aromatic rings. The highest BCUT2D eigenvalue weighted by Gasteiger charge is 2.31. The number of nitrogens with zero attached hydrogens (tertiary/aromatic N) is 2. The van der Waals surface area contributed by atoms with Crippen molar-refractivity contribution >= 4 is 22.0 Å². The maximum absolute atomic E-state index is 12.4. The van der Waals surface area contributed by atoms with E-state index in [0.29, 0.717) is 0 Å². The summed E-state index contributed by atoms with van der Waals surface area (Å²) in [6.07, 6.45) is 6.45. The van der Waals surface area contributed by atoms with Crippen LogP contribution in [0.1, 0.15) is 51.6 Å². The molecule has 2 heterocycles. The lowest BCUT2D eigenvalue weighted by atomic mass is 9.97. The molecule has 0 unspecified atom stereocenters. The van der Waals surface area contributed by atoms with Crippen LogP contribution in [-0.2, 0) is 4.74 Å². The van der Waals surface area contributed by atoms with Gasteiger partial charge in [0.1, 0.15) is 5.60 Å². The molecule has 5 heteroatoms. The van der Waals surface area contributed by atoms with Gasteiger partial charge in [0.05, 0.1) is 6.04 Å². The van der Waals surface area contributed by atoms with Gasteiger partial charge in [0.25, 0.3) is 0 Å². The van der Waals surface area contributed by atoms with Crippen LogP contribution in [0.5, 0.6) is 0 Å². The molecule has 0 saturated carbocycles. The molecule has 1 saturated heterocycles. The first-order valence-corrected chi connectivity index (χ1v) is 7.76. The lowest BCUT2D eigenvalue weighted by molar-refractivity contribution is 0.00947. The van der Waals surface area contributed by atoms with Gasteiger partial charge in [-0.25, -0.2) is 4.79 Å². The first-order chi connectivity index (χ1) is 9.37. The number of likely N-dealkylation sites (tertiary alicyclic amines) is 1. The molecule has 1 aliphatic rings. The fourth-order valence-corrected chi connectivity index (χ4v) is 2.81. The van der Waals surface area contributed by atoms with E-state index in [4.69, 9.17) is 4.74 Å². The molecule has 1 aromatic heterocycles. The Labute approximate surface area is 128 Å². The average Bonchev–Trinajstić information content (AvgIpc) is 2.37. The molecule has 0 aliphatic carbocycles. The highest BCUT2D eigenvalue weighted by atomic mass is 79.9. The largest absolute Gasteiger partial charge is 0.444 e. The quantitative estimate of drug-likeness (QED) is 0.765. The van der Waals surface area contributed by atoms with Crippen molar-refractivity contribution in [1.82, 2.24) is 9.88 Å². The number of piperidine rings is 1. The Morgan fingerprint density at radius 3 is 2.80 bits per heavy atom. The van der Waals surface area contributed by atoms with E-state index in [1.54, 1.807) is 6.20 Å². The molecule has 0 N–H and O–H groups in total. The molecule has 20 heavy (non-hydrogen) atoms. The summed E-state index contributed by atoms with van der Waals surface area (Å²) in [5.74, 6) is 0. The minimum absolute atomic E-state index is 0.0589. The average molecular weight is 341 g/mol. The van der Waals surface area contributed by atoms with Gasteiger partial charge in [0.2, 0.25) is 0 Å². The van der Waals surface area contributed by atoms with Crippen LogP contribution in [0.3, 0.4) is 0 Å². The fraction of sp³-hybridized carbons (Fsp3) is 0.600. The standard InChI is InChI=1S/C15H21BrN2O2/c1-15(2,3)20-14(19)18-7-5-4-6-13(18)11-8-12(16)10-17-9-11/h8-10,13H,4-7H2,1-3H3/t13-/m1/s1. The number of carbonyl (C=O) groups is 1. The Morgan fingerprint density at radius 1 is 1.40 bits per heavy atom. The number of hydrogen-bond donors (Lipinski definition) is 0. The van der Waals surface area contributed by atoms with Gasteiger partial charge in [0.15, 0.2) is 0 Å². The molecule has 2 rings (SSSR count). The number of aromatic nitrogens is 1. The van der Waals surface area contributed by atoms with Crippen LogP contribution in [0.25, 0.3) is 0 Å². The van der Waals surface area contributed by atoms with Gasteiger partial charge < -0.3 is 9.64 Å². The maximum atomic E-state index is 12.4. The van der Waals surface area contributed by atoms with E-state index < -0.39 is 5.60 Å². The molecule has 0 radical (unpaired) electrons. The lowest BCUT2D eigenvalue weighted by Gasteiger charge is -2.36. The number of rotatable bonds is 1. The van der Waals surface area contributed by atoms with Crippen LogP contribution in [0.15, 0.2) is 22.9 Å². The van der Waals surface area contributed by atoms with Crippen molar-refractivity contribution in [2.45, 2.75) is 51.7 Å². The van der Waals surface area contributed by atoms with Gasteiger partial charge in [-0.05, 0) is 67.6 Å². The van der Waals surface area contributed by atoms with Gasteiger partial charge in [-0.2, -0.15) is 0 Å². The zero-order valence-electron chi connectivity index (χ0n) is 12.2. The summed E-state index contributed by atoms with van der Waals surface area (Å²) in [6.45, 7) is 6.42. The Kier molecular flexibility index (Phi) is 4.68. The van der Waals surface area contributed by atoms with Gasteiger partial charge in [0, 0.05) is 23.4 Å². The molecule has 1 atom stereocenters. The summed E-state index contributed by atoms with van der Waals surface area (Å²) in [5, 5.41) is 0. The molecule has 110 valence electrons. The predicted molar refractivity (Wildman–Crippen MR) is 81.5 cm³/mol. The Bertz CT molecular complexity index is 485. The van der Waals surface area contributed by atoms with E-state index in [1.807, 2.05) is 37.9 Å². The second kappa shape index (κ2) is 6.12. The summed E-state index contributed by atoms with van der Waals surface area (Å²) >= 11 is 3.44. The third kappa shape index (κ3) is 3.95. The van der Waals surface area contributed by atoms with E-state index >= 15 is 0 Å². The topological polar surface area (TPSA) is 42.4 Å². The monoisotopic (exact) mass is 340 g/mol. The van der Waals surface area contributed by atoms with E-state index in [0.717, 1.165) is 35.8 Å². The number of hydrogen-bond acceptors (Lipinski definition) is 3. The maximum Gasteiger partial charge on any atom is 0.410 e. The first kappa shape index (κ1) is 15.3. The van der Waals surface area contributed by atoms with Crippen molar-refractivity contribution in [3.05, 3.63) is 28.5 Å². The summed E-state index contributed by atoms with van der Waals surface area (Å²) in [5.41, 5.74) is 0.596. The zero-order valence-corrected chi connectivity index (χ0v) is 13.8. The van der Waals surface area contributed by atoms with Gasteiger partial charge >= 0.3 is 6.09 Å². The third-order valence-corrected chi connectivity index (χ3v) is 3.68. The van der Waals surface area contributed by atoms with Gasteiger partial charge in [-0.3, -0.25) is 4.98 Å². The molecule has 1 amide bonds. The smallest absolute Gasteiger partial charge is 0.410 e. The third-order valence-electron chi connectivity index (χ3n) is 3.24. The molecular weight excluding hydrogens is 320 g/mol. The zero-order chi connectivity index (χ0) is 14.8. The Hall–Kier alpha value is -1.10. The van der Waals surface area contributed by atoms with Crippen molar-refractivity contribution < 1.29 is 9.53 Å². The summed E-state index contributed by atoms with van der Waals surface area (Å²) in [6, 6.07) is 2.09. The molecule has 0 aromatic carbocycles. The van der Waals surface area contributed by atoms with Crippen LogP contribution < -0.4 is 0 Å². The summed E-state index contributed by atoms with van der Waals surface area (Å²) < 4.78 is 6.45. The van der Waals surface area contributed by atoms with Gasteiger partial charge in [-0.15, -0.1) is 0 Å². The number of amides is 1. The normalized spacial score (nSPS) is 19.8. The fourth-order valence-electron chi connectivity index (χ4n) is 2.43. The molecule has 0 bridgehead atoms. The van der Waals surface area contributed by atoms with E-state index in [-0.39, 0.29) is 12.1 Å². The Morgan fingerprint density at radius 2 is 2.15 bits per heavy atom. The van der Waals surface area contributed by atoms with Gasteiger partial charge in [-0.1, -0.05) is 0 Å². The minimum Gasteiger partial charge on any atom is -0.444 e. The highest BCUT2D eigenvalue weighted by Crippen LogP contribution is 2.32.